The summed E-state index contributed by atoms with van der Waals surface area (Å²) < 4.78 is 6.42. The van der Waals surface area contributed by atoms with Crippen molar-refractivity contribution < 1.29 is 14.3 Å². The summed E-state index contributed by atoms with van der Waals surface area (Å²) in [7, 11) is 3.93. The van der Waals surface area contributed by atoms with Crippen molar-refractivity contribution in [2.24, 2.45) is 0 Å². The van der Waals surface area contributed by atoms with E-state index in [-0.39, 0.29) is 11.3 Å². The molecule has 5 aromatic carbocycles. The van der Waals surface area contributed by atoms with Gasteiger partial charge in [-0.05, 0) is 46.4 Å². The summed E-state index contributed by atoms with van der Waals surface area (Å²) in [6.07, 6.45) is 1.35. The number of fused-ring (bicyclic) bond motifs is 1. The molecule has 0 spiro atoms. The number of amides is 1. The maximum Gasteiger partial charge on any atom is 0.356 e. The summed E-state index contributed by atoms with van der Waals surface area (Å²) in [5.41, 5.74) is 5.95. The zero-order valence-corrected chi connectivity index (χ0v) is 29.8. The van der Waals surface area contributed by atoms with Gasteiger partial charge in [-0.1, -0.05) is 152 Å². The molecule has 2 atom stereocenters. The molecular formula is C44H41N3O3S. The molecule has 1 N–H and O–H groups in total. The highest BCUT2D eigenvalue weighted by Crippen LogP contribution is 2.46. The van der Waals surface area contributed by atoms with Crippen molar-refractivity contribution in [2.45, 2.75) is 30.0 Å². The first-order valence-corrected chi connectivity index (χ1v) is 18.2. The van der Waals surface area contributed by atoms with Crippen LogP contribution < -0.4 is 5.32 Å². The van der Waals surface area contributed by atoms with Gasteiger partial charge in [0.05, 0.1) is 5.54 Å². The van der Waals surface area contributed by atoms with Crippen molar-refractivity contribution in [3.63, 3.8) is 0 Å². The van der Waals surface area contributed by atoms with Gasteiger partial charge in [-0.15, -0.1) is 11.8 Å². The van der Waals surface area contributed by atoms with E-state index < -0.39 is 23.7 Å². The Morgan fingerprint density at radius 1 is 0.765 bits per heavy atom. The fourth-order valence-corrected chi connectivity index (χ4v) is 8.22. The number of carbonyl (C=O) groups is 2. The molecule has 2 unspecified atom stereocenters. The smallest absolute Gasteiger partial charge is 0.356 e. The number of rotatable bonds is 11. The second kappa shape index (κ2) is 14.9. The average Bonchev–Trinajstić information content (AvgIpc) is 3.18. The lowest BCUT2D eigenvalue weighted by Crippen LogP contribution is -2.72. The molecule has 1 fully saturated rings. The molecule has 2 aliphatic heterocycles. The molecule has 256 valence electrons. The maximum atomic E-state index is 14.7. The Hall–Kier alpha value is -5.37. The maximum absolute atomic E-state index is 14.7. The minimum atomic E-state index is -0.839. The quantitative estimate of drug-likeness (QED) is 0.0864. The molecule has 0 aromatic heterocycles. The van der Waals surface area contributed by atoms with Crippen LogP contribution in [0.15, 0.2) is 175 Å². The molecule has 5 aromatic rings. The Kier molecular flexibility index (Phi) is 9.93. The van der Waals surface area contributed by atoms with Crippen LogP contribution in [-0.2, 0) is 19.9 Å². The Morgan fingerprint density at radius 3 is 1.63 bits per heavy atom. The van der Waals surface area contributed by atoms with Gasteiger partial charge in [-0.3, -0.25) is 15.0 Å². The normalized spacial score (nSPS) is 17.5. The molecule has 2 aliphatic rings. The topological polar surface area (TPSA) is 61.9 Å². The molecule has 0 radical (unpaired) electrons. The largest absolute Gasteiger partial charge is 0.448 e. The molecule has 0 saturated carbocycles. The van der Waals surface area contributed by atoms with E-state index >= 15 is 0 Å². The van der Waals surface area contributed by atoms with Gasteiger partial charge in [0.2, 0.25) is 5.91 Å². The number of nitrogens with one attached hydrogen (secondary N) is 1. The van der Waals surface area contributed by atoms with E-state index in [0.717, 1.165) is 39.1 Å². The van der Waals surface area contributed by atoms with E-state index in [1.165, 1.54) is 0 Å². The van der Waals surface area contributed by atoms with Gasteiger partial charge in [0.15, 0.2) is 6.10 Å². The first-order chi connectivity index (χ1) is 24.9. The highest BCUT2D eigenvalue weighted by molar-refractivity contribution is 8.00. The number of benzene rings is 5. The zero-order chi connectivity index (χ0) is 35.4. The van der Waals surface area contributed by atoms with Gasteiger partial charge < -0.3 is 9.64 Å². The zero-order valence-electron chi connectivity index (χ0n) is 29.0. The van der Waals surface area contributed by atoms with Gasteiger partial charge in [-0.2, -0.15) is 0 Å². The monoisotopic (exact) mass is 691 g/mol. The lowest BCUT2D eigenvalue weighted by atomic mass is 9.76. The SMILES string of the molecule is CC(=CC1=C(C(=O)OC(c2ccccc2)c2ccccc2)N2C(=O)C(NC(c3ccccc3)(c3ccccc3)c3ccccc3)C2SC1)N(C)C. The van der Waals surface area contributed by atoms with Crippen LogP contribution in [0.3, 0.4) is 0 Å². The van der Waals surface area contributed by atoms with Crippen molar-refractivity contribution in [1.82, 2.24) is 15.1 Å². The standard InChI is InChI=1S/C44H41N3O3S/c1-31(46(2)3)29-34-30-51-42-38(45-44(35-23-13-6-14-24-35,36-25-15-7-16-26-36)37-27-17-8-18-28-37)41(48)47(42)39(34)43(49)50-40(32-19-9-4-10-20-32)33-21-11-5-12-22-33/h4-29,38,40,42,45H,30H2,1-3H3. The summed E-state index contributed by atoms with van der Waals surface area (Å²) >= 11 is 1.66. The summed E-state index contributed by atoms with van der Waals surface area (Å²) in [6, 6.07) is 49.7. The Morgan fingerprint density at radius 2 is 1.20 bits per heavy atom. The molecule has 1 saturated heterocycles. The third-order valence-corrected chi connectivity index (χ3v) is 11.0. The van der Waals surface area contributed by atoms with Crippen molar-refractivity contribution in [1.29, 1.82) is 0 Å². The van der Waals surface area contributed by atoms with Crippen LogP contribution in [0, 0.1) is 0 Å². The van der Waals surface area contributed by atoms with Gasteiger partial charge in [-0.25, -0.2) is 4.79 Å². The van der Waals surface area contributed by atoms with Crippen LogP contribution in [0.2, 0.25) is 0 Å². The molecule has 51 heavy (non-hydrogen) atoms. The van der Waals surface area contributed by atoms with E-state index in [4.69, 9.17) is 4.74 Å². The first-order valence-electron chi connectivity index (χ1n) is 17.2. The molecule has 1 amide bonds. The van der Waals surface area contributed by atoms with Crippen LogP contribution in [0.4, 0.5) is 0 Å². The number of thioether (sulfide) groups is 1. The molecule has 0 aliphatic carbocycles. The van der Waals surface area contributed by atoms with Gasteiger partial charge in [0.1, 0.15) is 17.1 Å². The van der Waals surface area contributed by atoms with Gasteiger partial charge in [0, 0.05) is 25.5 Å². The minimum Gasteiger partial charge on any atom is -0.448 e. The molecule has 7 rings (SSSR count). The third kappa shape index (κ3) is 6.63. The number of hydrogen-bond acceptors (Lipinski definition) is 6. The minimum absolute atomic E-state index is 0.171. The summed E-state index contributed by atoms with van der Waals surface area (Å²) in [6.45, 7) is 2.00. The number of ether oxygens (including phenoxy) is 1. The molecular weight excluding hydrogens is 651 g/mol. The fourth-order valence-electron chi connectivity index (χ4n) is 6.92. The van der Waals surface area contributed by atoms with Gasteiger partial charge in [0.25, 0.3) is 0 Å². The Labute approximate surface area is 304 Å². The van der Waals surface area contributed by atoms with Crippen LogP contribution in [0.5, 0.6) is 0 Å². The second-order valence-electron chi connectivity index (χ2n) is 13.0. The highest BCUT2D eigenvalue weighted by atomic mass is 32.2. The second-order valence-corrected chi connectivity index (χ2v) is 14.1. The van der Waals surface area contributed by atoms with Gasteiger partial charge >= 0.3 is 5.97 Å². The summed E-state index contributed by atoms with van der Waals surface area (Å²) in [5.74, 6) is -0.155. The Bertz CT molecular complexity index is 1900. The number of β-lactam (4-membered cyclic amide) rings is 1. The van der Waals surface area contributed by atoms with Crippen molar-refractivity contribution in [3.8, 4) is 0 Å². The van der Waals surface area contributed by atoms with Crippen LogP contribution in [0.25, 0.3) is 0 Å². The van der Waals surface area contributed by atoms with E-state index in [1.807, 2.05) is 147 Å². The lowest BCUT2D eigenvalue weighted by Gasteiger charge is -2.53. The summed E-state index contributed by atoms with van der Waals surface area (Å²) in [4.78, 5) is 32.9. The number of esters is 1. The number of allylic oxidation sites excluding steroid dienone is 2. The third-order valence-electron chi connectivity index (χ3n) is 9.70. The molecule has 0 bridgehead atoms. The average molecular weight is 692 g/mol. The fraction of sp³-hybridized carbons (Fsp3) is 0.182. The predicted octanol–water partition coefficient (Wildman–Crippen LogP) is 7.90. The molecule has 7 heteroatoms. The Balaban J connectivity index is 1.29. The van der Waals surface area contributed by atoms with E-state index in [0.29, 0.717) is 11.4 Å². The number of hydrogen-bond donors (Lipinski definition) is 1. The van der Waals surface area contributed by atoms with Crippen molar-refractivity contribution >= 4 is 23.6 Å². The van der Waals surface area contributed by atoms with Crippen LogP contribution in [-0.4, -0.2) is 52.9 Å². The lowest BCUT2D eigenvalue weighted by molar-refractivity contribution is -0.154. The van der Waals surface area contributed by atoms with E-state index in [9.17, 15) is 9.59 Å². The number of nitrogens with zero attached hydrogens (tertiary/aromatic N) is 2. The first kappa shape index (κ1) is 34.1. The predicted molar refractivity (Wildman–Crippen MR) is 205 cm³/mol. The summed E-state index contributed by atoms with van der Waals surface area (Å²) in [5, 5.41) is 3.55. The highest BCUT2D eigenvalue weighted by Gasteiger charge is 2.56. The van der Waals surface area contributed by atoms with E-state index in [2.05, 4.69) is 41.7 Å². The number of carbonyl (C=O) groups excluding carboxylic acids is 2. The molecule has 2 heterocycles. The van der Waals surface area contributed by atoms with Crippen molar-refractivity contribution in [3.05, 3.63) is 203 Å². The molecule has 6 nitrogen and oxygen atoms in total. The van der Waals surface area contributed by atoms with Crippen LogP contribution >= 0.6 is 11.8 Å². The van der Waals surface area contributed by atoms with E-state index in [1.54, 1.807) is 16.7 Å². The van der Waals surface area contributed by atoms with Crippen molar-refractivity contribution in [2.75, 3.05) is 19.8 Å². The van der Waals surface area contributed by atoms with Crippen LogP contribution in [0.1, 0.15) is 40.8 Å².